The lowest BCUT2D eigenvalue weighted by Crippen LogP contribution is -2.39. The van der Waals surface area contributed by atoms with Crippen LogP contribution in [-0.2, 0) is 16.1 Å². The van der Waals surface area contributed by atoms with E-state index in [9.17, 15) is 14.4 Å². The van der Waals surface area contributed by atoms with Gasteiger partial charge in [0.25, 0.3) is 0 Å². The van der Waals surface area contributed by atoms with E-state index in [2.05, 4.69) is 34.9 Å². The van der Waals surface area contributed by atoms with E-state index in [4.69, 9.17) is 9.84 Å². The lowest BCUT2D eigenvalue weighted by Gasteiger charge is -2.19. The van der Waals surface area contributed by atoms with Crippen LogP contribution in [0.2, 0.25) is 0 Å². The minimum Gasteiger partial charge on any atom is -0.478 e. The van der Waals surface area contributed by atoms with E-state index in [1.54, 1.807) is 12.1 Å². The second-order valence-electron chi connectivity index (χ2n) is 8.56. The first-order valence-electron chi connectivity index (χ1n) is 11.7. The van der Waals surface area contributed by atoms with E-state index >= 15 is 0 Å². The van der Waals surface area contributed by atoms with Gasteiger partial charge in [0, 0.05) is 24.9 Å². The first-order chi connectivity index (χ1) is 17.0. The Hall–Kier alpha value is -4.13. The van der Waals surface area contributed by atoms with Crippen molar-refractivity contribution in [2.45, 2.75) is 38.3 Å². The average Bonchev–Trinajstić information content (AvgIpc) is 3.19. The summed E-state index contributed by atoms with van der Waals surface area (Å²) < 4.78 is 5.58. The molecule has 7 heteroatoms. The van der Waals surface area contributed by atoms with Gasteiger partial charge in [0.1, 0.15) is 6.61 Å². The quantitative estimate of drug-likeness (QED) is 0.418. The van der Waals surface area contributed by atoms with Gasteiger partial charge in [-0.1, -0.05) is 67.6 Å². The summed E-state index contributed by atoms with van der Waals surface area (Å²) >= 11 is 0. The molecule has 7 nitrogen and oxygen atoms in total. The molecule has 0 aliphatic heterocycles. The van der Waals surface area contributed by atoms with Gasteiger partial charge in [0.05, 0.1) is 5.56 Å². The maximum absolute atomic E-state index is 12.5. The number of alkyl carbamates (subject to hydrolysis) is 1. The Labute approximate surface area is 204 Å². The lowest BCUT2D eigenvalue weighted by molar-refractivity contribution is -0.121. The molecule has 0 spiro atoms. The molecule has 0 heterocycles. The summed E-state index contributed by atoms with van der Waals surface area (Å²) in [5.74, 6) is -1.29. The smallest absolute Gasteiger partial charge is 0.407 e. The van der Waals surface area contributed by atoms with Crippen LogP contribution in [0.5, 0.6) is 0 Å². The zero-order valence-corrected chi connectivity index (χ0v) is 19.5. The maximum Gasteiger partial charge on any atom is 0.407 e. The summed E-state index contributed by atoms with van der Waals surface area (Å²) in [5.41, 5.74) is 5.46. The number of amides is 2. The van der Waals surface area contributed by atoms with E-state index in [0.717, 1.165) is 22.3 Å². The monoisotopic (exact) mass is 472 g/mol. The lowest BCUT2D eigenvalue weighted by atomic mass is 9.98. The van der Waals surface area contributed by atoms with Crippen molar-refractivity contribution in [3.63, 3.8) is 0 Å². The number of hydrogen-bond acceptors (Lipinski definition) is 4. The van der Waals surface area contributed by atoms with Crippen LogP contribution in [0.3, 0.4) is 0 Å². The highest BCUT2D eigenvalue weighted by Crippen LogP contribution is 2.44. The topological polar surface area (TPSA) is 105 Å². The molecule has 0 bridgehead atoms. The largest absolute Gasteiger partial charge is 0.478 e. The molecule has 35 heavy (non-hydrogen) atoms. The normalized spacial score (nSPS) is 12.8. The highest BCUT2D eigenvalue weighted by molar-refractivity contribution is 5.87. The third-order valence-electron chi connectivity index (χ3n) is 6.25. The third-order valence-corrected chi connectivity index (χ3v) is 6.25. The number of carbonyl (C=O) groups is 3. The molecule has 0 saturated carbocycles. The Morgan fingerprint density at radius 2 is 1.60 bits per heavy atom. The van der Waals surface area contributed by atoms with Crippen molar-refractivity contribution in [2.75, 3.05) is 6.61 Å². The van der Waals surface area contributed by atoms with Gasteiger partial charge < -0.3 is 20.5 Å². The number of carbonyl (C=O) groups excluding carboxylic acids is 2. The third kappa shape index (κ3) is 5.69. The number of ether oxygens (including phenoxy) is 1. The van der Waals surface area contributed by atoms with Crippen molar-refractivity contribution in [1.82, 2.24) is 10.6 Å². The van der Waals surface area contributed by atoms with Gasteiger partial charge in [-0.25, -0.2) is 9.59 Å². The Bertz CT molecular complexity index is 1190. The van der Waals surface area contributed by atoms with Crippen LogP contribution in [0.25, 0.3) is 11.1 Å². The van der Waals surface area contributed by atoms with Crippen molar-refractivity contribution in [3.8, 4) is 11.1 Å². The summed E-state index contributed by atoms with van der Waals surface area (Å²) in [7, 11) is 0. The number of carboxylic acids is 1. The summed E-state index contributed by atoms with van der Waals surface area (Å²) in [6.07, 6.45) is 0.103. The molecular weight excluding hydrogens is 444 g/mol. The van der Waals surface area contributed by atoms with Crippen molar-refractivity contribution in [3.05, 3.63) is 95.1 Å². The SMILES string of the molecule is CC[C@H](CC(=O)NCc1cccc(C(=O)O)c1)NC(=O)OCC1c2ccccc2-c2ccccc21. The number of nitrogens with one attached hydrogen (secondary N) is 2. The van der Waals surface area contributed by atoms with Crippen molar-refractivity contribution in [1.29, 1.82) is 0 Å². The zero-order chi connectivity index (χ0) is 24.8. The van der Waals surface area contributed by atoms with Crippen LogP contribution in [0.15, 0.2) is 72.8 Å². The second kappa shape index (κ2) is 10.9. The Morgan fingerprint density at radius 1 is 0.943 bits per heavy atom. The molecule has 3 N–H and O–H groups in total. The fraction of sp³-hybridized carbons (Fsp3) is 0.250. The first kappa shape index (κ1) is 24.0. The van der Waals surface area contributed by atoms with Crippen LogP contribution in [0.1, 0.15) is 52.7 Å². The van der Waals surface area contributed by atoms with Crippen LogP contribution < -0.4 is 10.6 Å². The number of rotatable bonds is 9. The predicted octanol–water partition coefficient (Wildman–Crippen LogP) is 4.71. The number of aromatic carboxylic acids is 1. The summed E-state index contributed by atoms with van der Waals surface area (Å²) in [5, 5.41) is 14.7. The number of carboxylic acid groups (broad SMARTS) is 1. The van der Waals surface area contributed by atoms with Crippen LogP contribution in [-0.4, -0.2) is 35.7 Å². The van der Waals surface area contributed by atoms with Crippen molar-refractivity contribution < 1.29 is 24.2 Å². The summed E-state index contributed by atoms with van der Waals surface area (Å²) in [4.78, 5) is 36.0. The molecule has 3 aromatic rings. The van der Waals surface area contributed by atoms with Crippen LogP contribution >= 0.6 is 0 Å². The Morgan fingerprint density at radius 3 is 2.23 bits per heavy atom. The van der Waals surface area contributed by atoms with E-state index in [1.165, 1.54) is 12.1 Å². The Kier molecular flexibility index (Phi) is 7.45. The van der Waals surface area contributed by atoms with Crippen LogP contribution in [0.4, 0.5) is 4.79 Å². The van der Waals surface area contributed by atoms with Crippen molar-refractivity contribution in [2.24, 2.45) is 0 Å². The molecule has 1 aliphatic carbocycles. The molecular formula is C28H28N2O5. The second-order valence-corrected chi connectivity index (χ2v) is 8.56. The highest BCUT2D eigenvalue weighted by atomic mass is 16.5. The minimum absolute atomic E-state index is 0.0295. The fourth-order valence-electron chi connectivity index (χ4n) is 4.42. The minimum atomic E-state index is -1.02. The average molecular weight is 473 g/mol. The predicted molar refractivity (Wildman–Crippen MR) is 132 cm³/mol. The van der Waals surface area contributed by atoms with Crippen LogP contribution in [0, 0.1) is 0 Å². The van der Waals surface area contributed by atoms with E-state index in [0.29, 0.717) is 12.0 Å². The van der Waals surface area contributed by atoms with Gasteiger partial charge in [-0.15, -0.1) is 0 Å². The Balaban J connectivity index is 1.29. The molecule has 0 unspecified atom stereocenters. The molecule has 0 saturated heterocycles. The molecule has 0 fully saturated rings. The fourth-order valence-corrected chi connectivity index (χ4v) is 4.42. The van der Waals surface area contributed by atoms with Gasteiger partial charge in [-0.2, -0.15) is 0 Å². The van der Waals surface area contributed by atoms with Gasteiger partial charge in [-0.05, 0) is 46.4 Å². The number of benzene rings is 3. The van der Waals surface area contributed by atoms with Gasteiger partial charge in [0.15, 0.2) is 0 Å². The molecule has 2 amide bonds. The molecule has 4 rings (SSSR count). The van der Waals surface area contributed by atoms with E-state index in [1.807, 2.05) is 31.2 Å². The summed E-state index contributed by atoms with van der Waals surface area (Å²) in [6.45, 7) is 2.31. The molecule has 0 aromatic heterocycles. The standard InChI is InChI=1S/C28H28N2O5/c1-2-20(15-26(31)29-16-18-8-7-9-19(14-18)27(32)33)30-28(34)35-17-25-23-12-5-3-10-21(23)22-11-4-6-13-24(22)25/h3-14,20,25H,2,15-17H2,1H3,(H,29,31)(H,30,34)(H,32,33)/t20-/m1/s1. The van der Waals surface area contributed by atoms with E-state index in [-0.39, 0.29) is 43.0 Å². The molecule has 180 valence electrons. The van der Waals surface area contributed by atoms with Gasteiger partial charge in [-0.3, -0.25) is 4.79 Å². The molecule has 0 radical (unpaired) electrons. The summed E-state index contributed by atoms with van der Waals surface area (Å²) in [6, 6.07) is 22.3. The van der Waals surface area contributed by atoms with Gasteiger partial charge in [0.2, 0.25) is 5.91 Å². The first-order valence-corrected chi connectivity index (χ1v) is 11.7. The van der Waals surface area contributed by atoms with Crippen molar-refractivity contribution >= 4 is 18.0 Å². The molecule has 1 aliphatic rings. The molecule has 1 atom stereocenters. The molecule has 3 aromatic carbocycles. The van der Waals surface area contributed by atoms with E-state index < -0.39 is 12.1 Å². The maximum atomic E-state index is 12.5. The highest BCUT2D eigenvalue weighted by Gasteiger charge is 2.29. The zero-order valence-electron chi connectivity index (χ0n) is 19.5. The number of fused-ring (bicyclic) bond motifs is 3. The van der Waals surface area contributed by atoms with Gasteiger partial charge >= 0.3 is 12.1 Å². The number of hydrogen-bond donors (Lipinski definition) is 3.